The molecule has 7 nitrogen and oxygen atoms in total. The Hall–Kier alpha value is -2.51. The van der Waals surface area contributed by atoms with Crippen molar-refractivity contribution in [2.24, 2.45) is 0 Å². The van der Waals surface area contributed by atoms with Crippen LogP contribution in [0.3, 0.4) is 0 Å². The molecule has 1 aromatic carbocycles. The molecular formula is C9H8FN5O2. The molecule has 0 aliphatic rings. The van der Waals surface area contributed by atoms with Gasteiger partial charge in [0, 0.05) is 0 Å². The van der Waals surface area contributed by atoms with Crippen LogP contribution >= 0.6 is 0 Å². The zero-order chi connectivity index (χ0) is 12.6. The molecule has 0 atom stereocenters. The van der Waals surface area contributed by atoms with Crippen molar-refractivity contribution in [1.29, 1.82) is 0 Å². The van der Waals surface area contributed by atoms with Gasteiger partial charge in [-0.15, -0.1) is 5.10 Å². The van der Waals surface area contributed by atoms with Crippen LogP contribution in [0.25, 0.3) is 5.69 Å². The van der Waals surface area contributed by atoms with Crippen molar-refractivity contribution in [2.45, 2.75) is 6.92 Å². The van der Waals surface area contributed by atoms with E-state index in [1.165, 1.54) is 6.07 Å². The number of nitrogen functional groups attached to an aromatic ring is 1. The van der Waals surface area contributed by atoms with E-state index < -0.39 is 16.4 Å². The average molecular weight is 237 g/mol. The van der Waals surface area contributed by atoms with E-state index in [1.54, 1.807) is 6.92 Å². The first kappa shape index (κ1) is 11.0. The summed E-state index contributed by atoms with van der Waals surface area (Å²) in [5, 5.41) is 14.7. The molecule has 0 saturated carbocycles. The van der Waals surface area contributed by atoms with Crippen LogP contribution in [0, 0.1) is 22.9 Å². The van der Waals surface area contributed by atoms with E-state index in [-0.39, 0.29) is 11.6 Å². The predicted octanol–water partition coefficient (Wildman–Crippen LogP) is 1.21. The standard InChI is InChI=1S/C9H8FN5O2/c1-5-12-9(11)14(13-5)7-3-2-6(10)4-8(7)15(16)17/h2-4H,1H3,(H2,11,12,13). The second kappa shape index (κ2) is 3.81. The minimum atomic E-state index is -0.700. The topological polar surface area (TPSA) is 99.9 Å². The lowest BCUT2D eigenvalue weighted by Gasteiger charge is -2.03. The van der Waals surface area contributed by atoms with E-state index in [0.717, 1.165) is 16.8 Å². The van der Waals surface area contributed by atoms with Gasteiger partial charge in [-0.3, -0.25) is 10.1 Å². The number of benzene rings is 1. The fourth-order valence-electron chi connectivity index (χ4n) is 1.43. The van der Waals surface area contributed by atoms with Gasteiger partial charge < -0.3 is 5.73 Å². The maximum atomic E-state index is 12.9. The van der Waals surface area contributed by atoms with Gasteiger partial charge in [-0.2, -0.15) is 9.67 Å². The number of aromatic nitrogens is 3. The van der Waals surface area contributed by atoms with Gasteiger partial charge in [-0.05, 0) is 19.1 Å². The van der Waals surface area contributed by atoms with Gasteiger partial charge in [0.05, 0.1) is 11.0 Å². The number of anilines is 1. The molecule has 0 spiro atoms. The highest BCUT2D eigenvalue weighted by atomic mass is 19.1. The van der Waals surface area contributed by atoms with Gasteiger partial charge in [0.1, 0.15) is 17.3 Å². The van der Waals surface area contributed by atoms with Crippen LogP contribution in [0.2, 0.25) is 0 Å². The normalized spacial score (nSPS) is 10.5. The number of nitro groups is 1. The molecule has 0 radical (unpaired) electrons. The Labute approximate surface area is 94.8 Å². The van der Waals surface area contributed by atoms with Crippen LogP contribution in [-0.2, 0) is 0 Å². The maximum Gasteiger partial charge on any atom is 0.297 e. The van der Waals surface area contributed by atoms with Crippen LogP contribution in [0.15, 0.2) is 18.2 Å². The highest BCUT2D eigenvalue weighted by molar-refractivity contribution is 5.54. The summed E-state index contributed by atoms with van der Waals surface area (Å²) in [5.41, 5.74) is 5.22. The molecule has 1 aromatic heterocycles. The van der Waals surface area contributed by atoms with Crippen molar-refractivity contribution in [1.82, 2.24) is 14.8 Å². The van der Waals surface area contributed by atoms with E-state index in [2.05, 4.69) is 10.1 Å². The van der Waals surface area contributed by atoms with Crippen molar-refractivity contribution < 1.29 is 9.31 Å². The van der Waals surface area contributed by atoms with Crippen LogP contribution in [-0.4, -0.2) is 19.7 Å². The minimum Gasteiger partial charge on any atom is -0.368 e. The third-order valence-electron chi connectivity index (χ3n) is 2.10. The first-order valence-corrected chi connectivity index (χ1v) is 4.62. The molecule has 0 bridgehead atoms. The molecule has 17 heavy (non-hydrogen) atoms. The smallest absolute Gasteiger partial charge is 0.297 e. The Morgan fingerprint density at radius 1 is 1.53 bits per heavy atom. The number of halogens is 1. The maximum absolute atomic E-state index is 12.9. The summed E-state index contributed by atoms with van der Waals surface area (Å²) >= 11 is 0. The van der Waals surface area contributed by atoms with E-state index in [0.29, 0.717) is 5.82 Å². The Kier molecular flexibility index (Phi) is 2.47. The summed E-state index contributed by atoms with van der Waals surface area (Å²) in [6.07, 6.45) is 0. The summed E-state index contributed by atoms with van der Waals surface area (Å²) in [4.78, 5) is 13.9. The second-order valence-electron chi connectivity index (χ2n) is 3.32. The lowest BCUT2D eigenvalue weighted by molar-refractivity contribution is -0.384. The highest BCUT2D eigenvalue weighted by Crippen LogP contribution is 2.24. The monoisotopic (exact) mass is 237 g/mol. The molecule has 2 rings (SSSR count). The Morgan fingerprint density at radius 3 is 2.76 bits per heavy atom. The SMILES string of the molecule is Cc1nc(N)n(-c2ccc(F)cc2[N+](=O)[O-])n1. The van der Waals surface area contributed by atoms with Crippen LogP contribution < -0.4 is 5.73 Å². The van der Waals surface area contributed by atoms with E-state index in [4.69, 9.17) is 5.73 Å². The minimum absolute atomic E-state index is 0.0113. The third-order valence-corrected chi connectivity index (χ3v) is 2.10. The first-order chi connectivity index (χ1) is 7.99. The lowest BCUT2D eigenvalue weighted by Crippen LogP contribution is -2.06. The molecule has 0 unspecified atom stereocenters. The number of nitrogens with two attached hydrogens (primary N) is 1. The van der Waals surface area contributed by atoms with E-state index in [1.807, 2.05) is 0 Å². The molecule has 8 heteroatoms. The molecule has 0 amide bonds. The molecule has 0 aliphatic heterocycles. The molecule has 0 saturated heterocycles. The highest BCUT2D eigenvalue weighted by Gasteiger charge is 2.19. The second-order valence-corrected chi connectivity index (χ2v) is 3.32. The lowest BCUT2D eigenvalue weighted by atomic mass is 10.2. The van der Waals surface area contributed by atoms with Crippen molar-refractivity contribution >= 4 is 11.6 Å². The molecule has 88 valence electrons. The van der Waals surface area contributed by atoms with Crippen molar-refractivity contribution in [3.05, 3.63) is 40.0 Å². The molecule has 0 aliphatic carbocycles. The molecular weight excluding hydrogens is 229 g/mol. The van der Waals surface area contributed by atoms with Crippen molar-refractivity contribution in [3.8, 4) is 5.69 Å². The fraction of sp³-hybridized carbons (Fsp3) is 0.111. The first-order valence-electron chi connectivity index (χ1n) is 4.62. The summed E-state index contributed by atoms with van der Waals surface area (Å²) in [6, 6.07) is 3.14. The Balaban J connectivity index is 2.67. The van der Waals surface area contributed by atoms with Crippen molar-refractivity contribution in [2.75, 3.05) is 5.73 Å². The van der Waals surface area contributed by atoms with E-state index in [9.17, 15) is 14.5 Å². The van der Waals surface area contributed by atoms with Gasteiger partial charge in [0.15, 0.2) is 0 Å². The molecule has 2 N–H and O–H groups in total. The summed E-state index contributed by atoms with van der Waals surface area (Å²) in [7, 11) is 0. The van der Waals surface area contributed by atoms with Crippen LogP contribution in [0.5, 0.6) is 0 Å². The number of nitrogens with zero attached hydrogens (tertiary/aromatic N) is 4. The quantitative estimate of drug-likeness (QED) is 0.624. The van der Waals surface area contributed by atoms with Gasteiger partial charge in [0.25, 0.3) is 5.69 Å². The zero-order valence-electron chi connectivity index (χ0n) is 8.79. The Bertz CT molecular complexity index is 595. The number of nitro benzene ring substituents is 1. The van der Waals surface area contributed by atoms with Crippen molar-refractivity contribution in [3.63, 3.8) is 0 Å². The van der Waals surface area contributed by atoms with Gasteiger partial charge in [-0.25, -0.2) is 4.39 Å². The largest absolute Gasteiger partial charge is 0.368 e. The molecule has 2 aromatic rings. The molecule has 1 heterocycles. The molecule has 0 fully saturated rings. The summed E-state index contributed by atoms with van der Waals surface area (Å²) in [5.74, 6) is -0.311. The summed E-state index contributed by atoms with van der Waals surface area (Å²) in [6.45, 7) is 1.60. The fourth-order valence-corrected chi connectivity index (χ4v) is 1.43. The van der Waals surface area contributed by atoms with Crippen LogP contribution in [0.4, 0.5) is 16.0 Å². The number of aryl methyl sites for hydroxylation is 1. The number of rotatable bonds is 2. The number of hydrogen-bond acceptors (Lipinski definition) is 5. The third kappa shape index (κ3) is 1.92. The zero-order valence-corrected chi connectivity index (χ0v) is 8.79. The van der Waals surface area contributed by atoms with Crippen LogP contribution in [0.1, 0.15) is 5.82 Å². The van der Waals surface area contributed by atoms with Gasteiger partial charge in [-0.1, -0.05) is 0 Å². The number of hydrogen-bond donors (Lipinski definition) is 1. The Morgan fingerprint density at radius 2 is 2.24 bits per heavy atom. The van der Waals surface area contributed by atoms with E-state index >= 15 is 0 Å². The van der Waals surface area contributed by atoms with Gasteiger partial charge in [0.2, 0.25) is 5.95 Å². The average Bonchev–Trinajstić information content (AvgIpc) is 2.57. The van der Waals surface area contributed by atoms with Gasteiger partial charge >= 0.3 is 0 Å². The summed E-state index contributed by atoms with van der Waals surface area (Å²) < 4.78 is 14.1. The predicted molar refractivity (Wildman–Crippen MR) is 57.1 cm³/mol.